The third kappa shape index (κ3) is 3.85. The van der Waals surface area contributed by atoms with E-state index in [2.05, 4.69) is 11.9 Å². The molecule has 1 atom stereocenters. The van der Waals surface area contributed by atoms with Crippen molar-refractivity contribution in [3.8, 4) is 11.5 Å². The van der Waals surface area contributed by atoms with E-state index in [9.17, 15) is 5.11 Å². The maximum absolute atomic E-state index is 10.3. The van der Waals surface area contributed by atoms with Crippen LogP contribution in [0.5, 0.6) is 11.5 Å². The Bertz CT molecular complexity index is 418. The number of aliphatic hydroxyl groups is 1. The van der Waals surface area contributed by atoms with Gasteiger partial charge in [0, 0.05) is 13.1 Å². The molecule has 0 amide bonds. The van der Waals surface area contributed by atoms with Gasteiger partial charge in [-0.1, -0.05) is 6.07 Å². The number of hydrogen-bond acceptors (Lipinski definition) is 4. The Morgan fingerprint density at radius 3 is 2.53 bits per heavy atom. The zero-order valence-corrected chi connectivity index (χ0v) is 11.9. The highest BCUT2D eigenvalue weighted by molar-refractivity contribution is 5.43. The van der Waals surface area contributed by atoms with Gasteiger partial charge < -0.3 is 19.5 Å². The molecule has 1 aromatic carbocycles. The number of likely N-dealkylation sites (N-methyl/N-ethyl adjacent to an activating group) is 1. The number of methoxy groups -OCH3 is 2. The van der Waals surface area contributed by atoms with Gasteiger partial charge in [-0.05, 0) is 43.5 Å². The zero-order chi connectivity index (χ0) is 13.8. The fourth-order valence-corrected chi connectivity index (χ4v) is 2.28. The monoisotopic (exact) mass is 265 g/mol. The van der Waals surface area contributed by atoms with Gasteiger partial charge in [-0.3, -0.25) is 0 Å². The highest BCUT2D eigenvalue weighted by Crippen LogP contribution is 2.31. The maximum atomic E-state index is 10.3. The summed E-state index contributed by atoms with van der Waals surface area (Å²) in [5.41, 5.74) is 0.861. The van der Waals surface area contributed by atoms with Crippen molar-refractivity contribution in [3.63, 3.8) is 0 Å². The first-order valence-corrected chi connectivity index (χ1v) is 6.72. The second-order valence-electron chi connectivity index (χ2n) is 5.29. The van der Waals surface area contributed by atoms with E-state index < -0.39 is 6.10 Å². The van der Waals surface area contributed by atoms with Crippen molar-refractivity contribution in [2.45, 2.75) is 18.9 Å². The second kappa shape index (κ2) is 6.26. The number of hydrogen-bond donors (Lipinski definition) is 1. The van der Waals surface area contributed by atoms with E-state index in [1.807, 2.05) is 18.2 Å². The van der Waals surface area contributed by atoms with Gasteiger partial charge >= 0.3 is 0 Å². The van der Waals surface area contributed by atoms with Crippen molar-refractivity contribution in [3.05, 3.63) is 23.8 Å². The van der Waals surface area contributed by atoms with Crippen molar-refractivity contribution < 1.29 is 14.6 Å². The molecule has 0 heterocycles. The molecule has 1 aliphatic carbocycles. The average molecular weight is 265 g/mol. The van der Waals surface area contributed by atoms with Crippen molar-refractivity contribution in [1.29, 1.82) is 0 Å². The Balaban J connectivity index is 1.98. The molecule has 1 unspecified atom stereocenters. The summed E-state index contributed by atoms with van der Waals surface area (Å²) < 4.78 is 10.5. The summed E-state index contributed by atoms with van der Waals surface area (Å²) in [5.74, 6) is 2.18. The van der Waals surface area contributed by atoms with Crippen LogP contribution in [0.4, 0.5) is 0 Å². The highest BCUT2D eigenvalue weighted by atomic mass is 16.5. The van der Waals surface area contributed by atoms with Gasteiger partial charge in [-0.15, -0.1) is 0 Å². The zero-order valence-electron chi connectivity index (χ0n) is 11.9. The van der Waals surface area contributed by atoms with Crippen LogP contribution in [-0.2, 0) is 0 Å². The van der Waals surface area contributed by atoms with Crippen LogP contribution >= 0.6 is 0 Å². The Morgan fingerprint density at radius 1 is 1.26 bits per heavy atom. The Hall–Kier alpha value is -1.26. The van der Waals surface area contributed by atoms with E-state index in [0.717, 1.165) is 18.0 Å². The van der Waals surface area contributed by atoms with Crippen molar-refractivity contribution >= 4 is 0 Å². The summed E-state index contributed by atoms with van der Waals surface area (Å²) in [7, 11) is 5.27. The van der Waals surface area contributed by atoms with Gasteiger partial charge in [0.15, 0.2) is 11.5 Å². The Labute approximate surface area is 114 Å². The molecule has 0 aromatic heterocycles. The minimum atomic E-state index is -0.497. The summed E-state index contributed by atoms with van der Waals surface area (Å²) in [4.78, 5) is 2.19. The third-order valence-electron chi connectivity index (χ3n) is 3.54. The van der Waals surface area contributed by atoms with Gasteiger partial charge in [0.05, 0.1) is 20.3 Å². The molecule has 1 aliphatic rings. The highest BCUT2D eigenvalue weighted by Gasteiger charge is 2.24. The van der Waals surface area contributed by atoms with Gasteiger partial charge in [0.1, 0.15) is 0 Å². The lowest BCUT2D eigenvalue weighted by molar-refractivity contribution is 0.124. The largest absolute Gasteiger partial charge is 0.493 e. The lowest BCUT2D eigenvalue weighted by Gasteiger charge is -2.21. The Kier molecular flexibility index (Phi) is 4.66. The van der Waals surface area contributed by atoms with E-state index in [1.54, 1.807) is 14.2 Å². The standard InChI is InChI=1S/C15H23NO3/c1-16(9-11-4-5-11)10-13(17)12-6-7-14(18-2)15(8-12)19-3/h6-8,11,13,17H,4-5,9-10H2,1-3H3. The lowest BCUT2D eigenvalue weighted by atomic mass is 10.1. The summed E-state index contributed by atoms with van der Waals surface area (Å²) >= 11 is 0. The normalized spacial score (nSPS) is 16.5. The predicted molar refractivity (Wildman–Crippen MR) is 74.7 cm³/mol. The molecule has 1 fully saturated rings. The van der Waals surface area contributed by atoms with Gasteiger partial charge in [-0.2, -0.15) is 0 Å². The summed E-state index contributed by atoms with van der Waals surface area (Å²) in [5, 5.41) is 10.3. The average Bonchev–Trinajstić information content (AvgIpc) is 3.21. The van der Waals surface area contributed by atoms with Gasteiger partial charge in [-0.25, -0.2) is 0 Å². The van der Waals surface area contributed by atoms with E-state index >= 15 is 0 Å². The molecule has 106 valence electrons. The van der Waals surface area contributed by atoms with Crippen LogP contribution in [0.2, 0.25) is 0 Å². The van der Waals surface area contributed by atoms with Crippen molar-refractivity contribution in [2.75, 3.05) is 34.4 Å². The lowest BCUT2D eigenvalue weighted by Crippen LogP contribution is -2.26. The number of rotatable bonds is 7. The quantitative estimate of drug-likeness (QED) is 0.819. The van der Waals surface area contributed by atoms with E-state index in [1.165, 1.54) is 12.8 Å². The minimum Gasteiger partial charge on any atom is -0.493 e. The van der Waals surface area contributed by atoms with Crippen molar-refractivity contribution in [2.24, 2.45) is 5.92 Å². The molecule has 0 spiro atoms. The molecule has 4 nitrogen and oxygen atoms in total. The van der Waals surface area contributed by atoms with Crippen LogP contribution in [0.1, 0.15) is 24.5 Å². The molecule has 1 saturated carbocycles. The molecule has 0 bridgehead atoms. The smallest absolute Gasteiger partial charge is 0.161 e. The number of nitrogens with zero attached hydrogens (tertiary/aromatic N) is 1. The van der Waals surface area contributed by atoms with Gasteiger partial charge in [0.25, 0.3) is 0 Å². The van der Waals surface area contributed by atoms with E-state index in [0.29, 0.717) is 18.0 Å². The molecule has 1 N–H and O–H groups in total. The third-order valence-corrected chi connectivity index (χ3v) is 3.54. The maximum Gasteiger partial charge on any atom is 0.161 e. The van der Waals surface area contributed by atoms with E-state index in [4.69, 9.17) is 9.47 Å². The van der Waals surface area contributed by atoms with Crippen LogP contribution in [0.15, 0.2) is 18.2 Å². The fraction of sp³-hybridized carbons (Fsp3) is 0.600. The molecule has 0 saturated heterocycles. The topological polar surface area (TPSA) is 41.9 Å². The number of aliphatic hydroxyl groups excluding tert-OH is 1. The molecule has 0 aliphatic heterocycles. The number of ether oxygens (including phenoxy) is 2. The van der Waals surface area contributed by atoms with Crippen LogP contribution in [-0.4, -0.2) is 44.4 Å². The first-order chi connectivity index (χ1) is 9.13. The molecule has 0 radical (unpaired) electrons. The molecule has 4 heteroatoms. The van der Waals surface area contributed by atoms with Crippen LogP contribution in [0.25, 0.3) is 0 Å². The first kappa shape index (κ1) is 14.2. The summed E-state index contributed by atoms with van der Waals surface area (Å²) in [6, 6.07) is 5.56. The SMILES string of the molecule is COc1ccc(C(O)CN(C)CC2CC2)cc1OC. The Morgan fingerprint density at radius 2 is 1.95 bits per heavy atom. The second-order valence-corrected chi connectivity index (χ2v) is 5.29. The minimum absolute atomic E-state index is 0.497. The molecular weight excluding hydrogens is 242 g/mol. The molecule has 1 aromatic rings. The van der Waals surface area contributed by atoms with Crippen molar-refractivity contribution in [1.82, 2.24) is 4.90 Å². The number of benzene rings is 1. The van der Waals surface area contributed by atoms with E-state index in [-0.39, 0.29) is 0 Å². The summed E-state index contributed by atoms with van der Waals surface area (Å²) in [6.07, 6.45) is 2.16. The summed E-state index contributed by atoms with van der Waals surface area (Å²) in [6.45, 7) is 1.72. The predicted octanol–water partition coefficient (Wildman–Crippen LogP) is 2.08. The molecule has 19 heavy (non-hydrogen) atoms. The van der Waals surface area contributed by atoms with Gasteiger partial charge in [0.2, 0.25) is 0 Å². The molecule has 2 rings (SSSR count). The van der Waals surface area contributed by atoms with Crippen LogP contribution in [0.3, 0.4) is 0 Å². The molecular formula is C15H23NO3. The fourth-order valence-electron chi connectivity index (χ4n) is 2.28. The van der Waals surface area contributed by atoms with Crippen LogP contribution < -0.4 is 9.47 Å². The first-order valence-electron chi connectivity index (χ1n) is 6.72. The van der Waals surface area contributed by atoms with Crippen LogP contribution in [0, 0.1) is 5.92 Å².